The highest BCUT2D eigenvalue weighted by Crippen LogP contribution is 2.36. The minimum Gasteiger partial charge on any atom is -0.454 e. The molecule has 1 saturated heterocycles. The van der Waals surface area contributed by atoms with E-state index < -0.39 is 10.0 Å². The molecule has 30 heavy (non-hydrogen) atoms. The van der Waals surface area contributed by atoms with Gasteiger partial charge in [-0.25, -0.2) is 8.42 Å². The Hall–Kier alpha value is -2.58. The molecule has 0 unspecified atom stereocenters. The van der Waals surface area contributed by atoms with Crippen LogP contribution in [-0.4, -0.2) is 56.5 Å². The Morgan fingerprint density at radius 1 is 0.933 bits per heavy atom. The smallest absolute Gasteiger partial charge is 0.257 e. The lowest BCUT2D eigenvalue weighted by atomic mass is 10.0. The fourth-order valence-electron chi connectivity index (χ4n) is 4.10. The predicted octanol–water partition coefficient (Wildman–Crippen LogP) is 2.80. The van der Waals surface area contributed by atoms with Crippen molar-refractivity contribution in [3.8, 4) is 11.5 Å². The lowest BCUT2D eigenvalue weighted by Gasteiger charge is -2.35. The number of rotatable bonds is 3. The summed E-state index contributed by atoms with van der Waals surface area (Å²) in [4.78, 5) is 15.1. The molecule has 2 aromatic carbocycles. The van der Waals surface area contributed by atoms with Crippen LogP contribution >= 0.6 is 0 Å². The molecule has 2 aromatic rings. The molecular formula is C22H26N2O5S. The van der Waals surface area contributed by atoms with Crippen molar-refractivity contribution in [2.75, 3.05) is 33.0 Å². The van der Waals surface area contributed by atoms with Crippen LogP contribution in [0.3, 0.4) is 0 Å². The van der Waals surface area contributed by atoms with Crippen molar-refractivity contribution in [3.63, 3.8) is 0 Å². The third-order valence-electron chi connectivity index (χ3n) is 6.05. The van der Waals surface area contributed by atoms with Crippen LogP contribution in [0, 0.1) is 27.7 Å². The summed E-state index contributed by atoms with van der Waals surface area (Å²) in [5, 5.41) is 0. The number of carbonyl (C=O) groups excluding carboxylic acids is 1. The van der Waals surface area contributed by atoms with E-state index in [4.69, 9.17) is 9.47 Å². The lowest BCUT2D eigenvalue weighted by molar-refractivity contribution is 0.0693. The number of aryl methyl sites for hydroxylation is 2. The van der Waals surface area contributed by atoms with Gasteiger partial charge in [-0.2, -0.15) is 4.31 Å². The fraction of sp³-hybridized carbons (Fsp3) is 0.409. The number of sulfonamides is 1. The summed E-state index contributed by atoms with van der Waals surface area (Å²) in [7, 11) is -3.64. The third-order valence-corrected chi connectivity index (χ3v) is 8.22. The maximum atomic E-state index is 13.4. The molecule has 4 rings (SSSR count). The Labute approximate surface area is 177 Å². The van der Waals surface area contributed by atoms with Gasteiger partial charge in [0.05, 0.1) is 10.5 Å². The quantitative estimate of drug-likeness (QED) is 0.749. The van der Waals surface area contributed by atoms with E-state index in [1.165, 1.54) is 4.31 Å². The number of fused-ring (bicyclic) bond motifs is 1. The average molecular weight is 431 g/mol. The Morgan fingerprint density at radius 3 is 2.20 bits per heavy atom. The van der Waals surface area contributed by atoms with E-state index in [0.717, 1.165) is 22.3 Å². The minimum absolute atomic E-state index is 0.0975. The molecule has 1 fully saturated rings. The van der Waals surface area contributed by atoms with Crippen molar-refractivity contribution < 1.29 is 22.7 Å². The van der Waals surface area contributed by atoms with E-state index in [9.17, 15) is 13.2 Å². The Bertz CT molecular complexity index is 1090. The molecule has 0 radical (unpaired) electrons. The number of hydrogen-bond donors (Lipinski definition) is 0. The molecule has 0 atom stereocenters. The van der Waals surface area contributed by atoms with Gasteiger partial charge in [0.15, 0.2) is 11.5 Å². The first-order valence-corrected chi connectivity index (χ1v) is 11.4. The summed E-state index contributed by atoms with van der Waals surface area (Å²) >= 11 is 0. The van der Waals surface area contributed by atoms with Crippen LogP contribution in [0.4, 0.5) is 0 Å². The van der Waals surface area contributed by atoms with Crippen LogP contribution in [0.5, 0.6) is 11.5 Å². The molecule has 0 bridgehead atoms. The number of para-hydroxylation sites is 1. The third kappa shape index (κ3) is 3.33. The maximum Gasteiger partial charge on any atom is 0.257 e. The van der Waals surface area contributed by atoms with Crippen LogP contribution in [-0.2, 0) is 10.0 Å². The van der Waals surface area contributed by atoms with Crippen molar-refractivity contribution in [2.45, 2.75) is 32.6 Å². The maximum absolute atomic E-state index is 13.4. The molecule has 0 saturated carbocycles. The number of nitrogens with zero attached hydrogens (tertiary/aromatic N) is 2. The fourth-order valence-corrected chi connectivity index (χ4v) is 6.10. The summed E-state index contributed by atoms with van der Waals surface area (Å²) in [6.07, 6.45) is 0. The molecule has 1 amide bonds. The first kappa shape index (κ1) is 20.7. The largest absolute Gasteiger partial charge is 0.454 e. The molecule has 7 nitrogen and oxygen atoms in total. The number of hydrogen-bond acceptors (Lipinski definition) is 5. The van der Waals surface area contributed by atoms with Crippen molar-refractivity contribution >= 4 is 15.9 Å². The first-order chi connectivity index (χ1) is 14.2. The summed E-state index contributed by atoms with van der Waals surface area (Å²) < 4.78 is 39.1. The van der Waals surface area contributed by atoms with Gasteiger partial charge in [-0.1, -0.05) is 12.1 Å². The van der Waals surface area contributed by atoms with Gasteiger partial charge in [0.2, 0.25) is 16.8 Å². The molecule has 160 valence electrons. The van der Waals surface area contributed by atoms with Gasteiger partial charge in [-0.05, 0) is 62.1 Å². The second-order valence-electron chi connectivity index (χ2n) is 7.83. The molecular weight excluding hydrogens is 404 g/mol. The number of benzene rings is 2. The second kappa shape index (κ2) is 7.59. The second-order valence-corrected chi connectivity index (χ2v) is 9.70. The summed E-state index contributed by atoms with van der Waals surface area (Å²) in [5.74, 6) is 0.843. The van der Waals surface area contributed by atoms with Crippen LogP contribution in [0.1, 0.15) is 32.6 Å². The zero-order chi connectivity index (χ0) is 21.6. The van der Waals surface area contributed by atoms with Gasteiger partial charge < -0.3 is 14.4 Å². The molecule has 0 aromatic heterocycles. The SMILES string of the molecule is Cc1cc(C)c(C)c(S(=O)(=O)N2CCN(C(=O)c3cccc4c3OCO4)CC2)c1C. The van der Waals surface area contributed by atoms with Gasteiger partial charge in [-0.3, -0.25) is 4.79 Å². The van der Waals surface area contributed by atoms with Crippen LogP contribution in [0.15, 0.2) is 29.2 Å². The van der Waals surface area contributed by atoms with Crippen molar-refractivity contribution in [1.82, 2.24) is 9.21 Å². The van der Waals surface area contributed by atoms with E-state index in [1.807, 2.05) is 33.8 Å². The number of ether oxygens (including phenoxy) is 2. The van der Waals surface area contributed by atoms with Crippen molar-refractivity contribution in [2.24, 2.45) is 0 Å². The summed E-state index contributed by atoms with van der Waals surface area (Å²) in [6.45, 7) is 8.83. The average Bonchev–Trinajstić information content (AvgIpc) is 3.21. The lowest BCUT2D eigenvalue weighted by Crippen LogP contribution is -2.50. The van der Waals surface area contributed by atoms with Crippen LogP contribution < -0.4 is 9.47 Å². The summed E-state index contributed by atoms with van der Waals surface area (Å²) in [6, 6.07) is 7.25. The van der Waals surface area contributed by atoms with E-state index >= 15 is 0 Å². The van der Waals surface area contributed by atoms with Gasteiger partial charge in [0.25, 0.3) is 5.91 Å². The molecule has 0 spiro atoms. The van der Waals surface area contributed by atoms with E-state index in [1.54, 1.807) is 23.1 Å². The van der Waals surface area contributed by atoms with Crippen molar-refractivity contribution in [3.05, 3.63) is 52.1 Å². The topological polar surface area (TPSA) is 76.2 Å². The number of carbonyl (C=O) groups is 1. The zero-order valence-corrected chi connectivity index (χ0v) is 18.5. The highest BCUT2D eigenvalue weighted by molar-refractivity contribution is 7.89. The van der Waals surface area contributed by atoms with E-state index in [-0.39, 0.29) is 25.8 Å². The van der Waals surface area contributed by atoms with Gasteiger partial charge in [0, 0.05) is 26.2 Å². The van der Waals surface area contributed by atoms with Crippen molar-refractivity contribution in [1.29, 1.82) is 0 Å². The Kier molecular flexibility index (Phi) is 5.23. The molecule has 2 heterocycles. The number of amides is 1. The Morgan fingerprint density at radius 2 is 1.57 bits per heavy atom. The molecule has 8 heteroatoms. The van der Waals surface area contributed by atoms with E-state index in [0.29, 0.717) is 35.0 Å². The molecule has 2 aliphatic rings. The predicted molar refractivity (Wildman–Crippen MR) is 113 cm³/mol. The Balaban J connectivity index is 1.54. The van der Waals surface area contributed by atoms with Crippen LogP contribution in [0.2, 0.25) is 0 Å². The van der Waals surface area contributed by atoms with Gasteiger partial charge in [-0.15, -0.1) is 0 Å². The highest BCUT2D eigenvalue weighted by Gasteiger charge is 2.34. The zero-order valence-electron chi connectivity index (χ0n) is 17.7. The normalized spacial score (nSPS) is 16.7. The first-order valence-electron chi connectivity index (χ1n) is 9.97. The minimum atomic E-state index is -3.64. The monoisotopic (exact) mass is 430 g/mol. The highest BCUT2D eigenvalue weighted by atomic mass is 32.2. The van der Waals surface area contributed by atoms with Crippen LogP contribution in [0.25, 0.3) is 0 Å². The number of piperazine rings is 1. The summed E-state index contributed by atoms with van der Waals surface area (Å²) in [5.41, 5.74) is 3.95. The molecule has 0 aliphatic carbocycles. The van der Waals surface area contributed by atoms with Gasteiger partial charge >= 0.3 is 0 Å². The van der Waals surface area contributed by atoms with E-state index in [2.05, 4.69) is 0 Å². The van der Waals surface area contributed by atoms with Gasteiger partial charge in [0.1, 0.15) is 0 Å². The standard InChI is InChI=1S/C22H26N2O5S/c1-14-12-15(2)17(4)21(16(14)3)30(26,27)24-10-8-23(9-11-24)22(25)18-6-5-7-19-20(18)29-13-28-19/h5-7,12H,8-11,13H2,1-4H3. The molecule has 2 aliphatic heterocycles. The molecule has 0 N–H and O–H groups in total.